The summed E-state index contributed by atoms with van der Waals surface area (Å²) in [6.07, 6.45) is 0. The smallest absolute Gasteiger partial charge is 0.322 e. The van der Waals surface area contributed by atoms with E-state index >= 15 is 0 Å². The molecule has 106 valence electrons. The van der Waals surface area contributed by atoms with Gasteiger partial charge in [-0.2, -0.15) is 11.8 Å². The Labute approximate surface area is 115 Å². The Morgan fingerprint density at radius 2 is 2.05 bits per heavy atom. The lowest BCUT2D eigenvalue weighted by Crippen LogP contribution is -2.17. The first kappa shape index (κ1) is 15.5. The predicted octanol–water partition coefficient (Wildman–Crippen LogP) is 1.59. The standard InChI is InChI=1S/C11H17N3O4S/c1-6(2)9-13-14-11(18-9)12-8(15)5-19-4-7(3)10(16)17/h6-7H,4-5H2,1-3H3,(H,16,17)(H,12,14,15). The van der Waals surface area contributed by atoms with Crippen molar-refractivity contribution < 1.29 is 19.1 Å². The molecule has 1 heterocycles. The highest BCUT2D eigenvalue weighted by Gasteiger charge is 2.14. The van der Waals surface area contributed by atoms with Crippen molar-refractivity contribution in [1.82, 2.24) is 10.2 Å². The number of hydrogen-bond donors (Lipinski definition) is 2. The van der Waals surface area contributed by atoms with Crippen LogP contribution in [0.25, 0.3) is 0 Å². The van der Waals surface area contributed by atoms with Crippen molar-refractivity contribution in [2.24, 2.45) is 5.92 Å². The third-order valence-electron chi connectivity index (χ3n) is 2.20. The van der Waals surface area contributed by atoms with Gasteiger partial charge in [-0.05, 0) is 0 Å². The fourth-order valence-corrected chi connectivity index (χ4v) is 1.94. The SMILES string of the molecule is CC(CSCC(=O)Nc1nnc(C(C)C)o1)C(=O)O. The minimum Gasteiger partial charge on any atom is -0.481 e. The van der Waals surface area contributed by atoms with E-state index in [4.69, 9.17) is 9.52 Å². The number of carboxylic acid groups (broad SMARTS) is 1. The third-order valence-corrected chi connectivity index (χ3v) is 3.41. The number of carbonyl (C=O) groups is 2. The summed E-state index contributed by atoms with van der Waals surface area (Å²) in [7, 11) is 0. The van der Waals surface area contributed by atoms with E-state index in [9.17, 15) is 9.59 Å². The van der Waals surface area contributed by atoms with Crippen LogP contribution in [-0.4, -0.2) is 38.7 Å². The van der Waals surface area contributed by atoms with E-state index in [1.165, 1.54) is 11.8 Å². The van der Waals surface area contributed by atoms with Crippen LogP contribution in [0.5, 0.6) is 0 Å². The van der Waals surface area contributed by atoms with Crippen molar-refractivity contribution in [3.63, 3.8) is 0 Å². The van der Waals surface area contributed by atoms with Crippen molar-refractivity contribution in [1.29, 1.82) is 0 Å². The lowest BCUT2D eigenvalue weighted by molar-refractivity contribution is -0.140. The number of carbonyl (C=O) groups excluding carboxylic acids is 1. The van der Waals surface area contributed by atoms with Crippen LogP contribution in [0.2, 0.25) is 0 Å². The zero-order valence-corrected chi connectivity index (χ0v) is 11.9. The molecule has 0 saturated heterocycles. The van der Waals surface area contributed by atoms with Crippen LogP contribution in [0, 0.1) is 5.92 Å². The summed E-state index contributed by atoms with van der Waals surface area (Å²) in [5, 5.41) is 18.6. The monoisotopic (exact) mass is 287 g/mol. The molecule has 1 aromatic rings. The maximum Gasteiger partial charge on any atom is 0.322 e. The van der Waals surface area contributed by atoms with Crippen molar-refractivity contribution >= 4 is 29.7 Å². The molecule has 0 fully saturated rings. The molecule has 7 nitrogen and oxygen atoms in total. The molecule has 0 aromatic carbocycles. The van der Waals surface area contributed by atoms with Gasteiger partial charge in [0.15, 0.2) is 0 Å². The average Bonchev–Trinajstić information content (AvgIpc) is 2.77. The van der Waals surface area contributed by atoms with E-state index in [1.807, 2.05) is 13.8 Å². The first-order valence-electron chi connectivity index (χ1n) is 5.84. The number of nitrogens with one attached hydrogen (secondary N) is 1. The fourth-order valence-electron chi connectivity index (χ4n) is 1.07. The van der Waals surface area contributed by atoms with Crippen LogP contribution in [-0.2, 0) is 9.59 Å². The Morgan fingerprint density at radius 3 is 2.58 bits per heavy atom. The van der Waals surface area contributed by atoms with Crippen molar-refractivity contribution in [3.05, 3.63) is 5.89 Å². The first-order valence-corrected chi connectivity index (χ1v) is 6.99. The molecule has 0 aliphatic carbocycles. The van der Waals surface area contributed by atoms with Gasteiger partial charge in [0.2, 0.25) is 11.8 Å². The summed E-state index contributed by atoms with van der Waals surface area (Å²) < 4.78 is 5.22. The lowest BCUT2D eigenvalue weighted by atomic mass is 10.2. The highest BCUT2D eigenvalue weighted by atomic mass is 32.2. The molecule has 1 atom stereocenters. The van der Waals surface area contributed by atoms with Crippen molar-refractivity contribution in [2.75, 3.05) is 16.8 Å². The minimum absolute atomic E-state index is 0.0700. The molecule has 0 radical (unpaired) electrons. The molecular formula is C11H17N3O4S. The molecule has 19 heavy (non-hydrogen) atoms. The number of rotatable bonds is 7. The maximum absolute atomic E-state index is 11.5. The summed E-state index contributed by atoms with van der Waals surface area (Å²) in [5.41, 5.74) is 0. The Kier molecular flexibility index (Phi) is 5.81. The van der Waals surface area contributed by atoms with Crippen LogP contribution in [0.1, 0.15) is 32.6 Å². The topological polar surface area (TPSA) is 105 Å². The summed E-state index contributed by atoms with van der Waals surface area (Å²) in [6.45, 7) is 5.41. The molecule has 2 N–H and O–H groups in total. The molecule has 1 aromatic heterocycles. The van der Waals surface area contributed by atoms with Gasteiger partial charge in [-0.15, -0.1) is 5.10 Å². The van der Waals surface area contributed by atoms with Crippen LogP contribution in [0.4, 0.5) is 6.01 Å². The van der Waals surface area contributed by atoms with Gasteiger partial charge in [-0.1, -0.05) is 25.9 Å². The second kappa shape index (κ2) is 7.13. The van der Waals surface area contributed by atoms with Gasteiger partial charge in [0.25, 0.3) is 0 Å². The lowest BCUT2D eigenvalue weighted by Gasteiger charge is -2.04. The number of aromatic nitrogens is 2. The second-order valence-corrected chi connectivity index (χ2v) is 5.43. The van der Waals surface area contributed by atoms with E-state index in [0.29, 0.717) is 11.6 Å². The van der Waals surface area contributed by atoms with Gasteiger partial charge in [-0.3, -0.25) is 14.9 Å². The summed E-state index contributed by atoms with van der Waals surface area (Å²) in [5.74, 6) is -0.547. The maximum atomic E-state index is 11.5. The van der Waals surface area contributed by atoms with Gasteiger partial charge in [-0.25, -0.2) is 0 Å². The molecule has 8 heteroatoms. The molecule has 0 aliphatic rings. The molecule has 0 aliphatic heterocycles. The zero-order valence-electron chi connectivity index (χ0n) is 11.0. The molecule has 0 bridgehead atoms. The Hall–Kier alpha value is -1.57. The highest BCUT2D eigenvalue weighted by molar-refractivity contribution is 8.00. The van der Waals surface area contributed by atoms with E-state index in [-0.39, 0.29) is 23.6 Å². The van der Waals surface area contributed by atoms with Crippen LogP contribution in [0.15, 0.2) is 4.42 Å². The van der Waals surface area contributed by atoms with Crippen LogP contribution < -0.4 is 5.32 Å². The molecule has 1 rings (SSSR count). The molecule has 1 unspecified atom stereocenters. The van der Waals surface area contributed by atoms with Crippen molar-refractivity contribution in [3.8, 4) is 0 Å². The third kappa shape index (κ3) is 5.29. The number of anilines is 1. The number of nitrogens with zero attached hydrogens (tertiary/aromatic N) is 2. The summed E-state index contributed by atoms with van der Waals surface area (Å²) in [4.78, 5) is 22.1. The van der Waals surface area contributed by atoms with Gasteiger partial charge in [0.05, 0.1) is 11.7 Å². The minimum atomic E-state index is -0.869. The number of aliphatic carboxylic acids is 1. The quantitative estimate of drug-likeness (QED) is 0.784. The predicted molar refractivity (Wildman–Crippen MR) is 71.1 cm³/mol. The number of hydrogen-bond acceptors (Lipinski definition) is 6. The van der Waals surface area contributed by atoms with Gasteiger partial charge < -0.3 is 9.52 Å². The van der Waals surface area contributed by atoms with Gasteiger partial charge in [0, 0.05) is 11.7 Å². The van der Waals surface area contributed by atoms with Crippen LogP contribution in [0.3, 0.4) is 0 Å². The Balaban J connectivity index is 2.32. The highest BCUT2D eigenvalue weighted by Crippen LogP contribution is 2.15. The number of amides is 1. The molecule has 0 spiro atoms. The van der Waals surface area contributed by atoms with E-state index in [1.54, 1.807) is 6.92 Å². The average molecular weight is 287 g/mol. The van der Waals surface area contributed by atoms with E-state index in [2.05, 4.69) is 15.5 Å². The van der Waals surface area contributed by atoms with Gasteiger partial charge >= 0.3 is 12.0 Å². The summed E-state index contributed by atoms with van der Waals surface area (Å²) in [6, 6.07) is 0.0700. The first-order chi connectivity index (χ1) is 8.90. The second-order valence-electron chi connectivity index (χ2n) is 4.40. The van der Waals surface area contributed by atoms with Crippen molar-refractivity contribution in [2.45, 2.75) is 26.7 Å². The number of carboxylic acids is 1. The van der Waals surface area contributed by atoms with E-state index in [0.717, 1.165) is 0 Å². The van der Waals surface area contributed by atoms with Gasteiger partial charge in [0.1, 0.15) is 0 Å². The van der Waals surface area contributed by atoms with Crippen LogP contribution >= 0.6 is 11.8 Å². The normalized spacial score (nSPS) is 12.4. The molecular weight excluding hydrogens is 270 g/mol. The van der Waals surface area contributed by atoms with E-state index < -0.39 is 11.9 Å². The largest absolute Gasteiger partial charge is 0.481 e. The number of thioether (sulfide) groups is 1. The fraction of sp³-hybridized carbons (Fsp3) is 0.636. The molecule has 0 saturated carbocycles. The Bertz CT molecular complexity index is 447. The molecule has 1 amide bonds. The Morgan fingerprint density at radius 1 is 1.37 bits per heavy atom. The summed E-state index contributed by atoms with van der Waals surface area (Å²) >= 11 is 1.25. The zero-order chi connectivity index (χ0) is 14.4.